The van der Waals surface area contributed by atoms with E-state index < -0.39 is 91.3 Å². The van der Waals surface area contributed by atoms with Crippen LogP contribution >= 0.6 is 0 Å². The molecule has 1 heterocycles. The van der Waals surface area contributed by atoms with E-state index in [1.807, 2.05) is 0 Å². The maximum atomic E-state index is 13.7. The quantitative estimate of drug-likeness (QED) is 0.185. The summed E-state index contributed by atoms with van der Waals surface area (Å²) in [6, 6.07) is 9.62. The first-order chi connectivity index (χ1) is 18.2. The van der Waals surface area contributed by atoms with Crippen LogP contribution in [0.5, 0.6) is 5.75 Å². The fourth-order valence-corrected chi connectivity index (χ4v) is 12.3. The topological polar surface area (TPSA) is 103 Å². The molecule has 2 aromatic rings. The Balaban J connectivity index is 1.99. The summed E-state index contributed by atoms with van der Waals surface area (Å²) in [6.45, 7) is 0. The number of benzene rings is 3. The molecule has 4 rings (SSSR count). The van der Waals surface area contributed by atoms with Crippen LogP contribution in [0, 0.1) is 5.82 Å². The molecule has 0 bridgehead atoms. The molecule has 2 aromatic carbocycles. The Labute approximate surface area is 238 Å². The second kappa shape index (κ2) is 11.0. The van der Waals surface area contributed by atoms with Gasteiger partial charge in [-0.25, -0.2) is 0 Å². The van der Waals surface area contributed by atoms with Gasteiger partial charge in [-0.1, -0.05) is 0 Å². The Hall–Kier alpha value is -2.75. The fraction of sp³-hybridized carbons (Fsp3) is 0.0870. The zero-order valence-electron chi connectivity index (χ0n) is 19.1. The molecule has 0 fully saturated rings. The zero-order chi connectivity index (χ0) is 28.7. The molecule has 0 unspecified atom stereocenters. The molecule has 196 valence electrons. The van der Waals surface area contributed by atoms with Gasteiger partial charge in [-0.2, -0.15) is 0 Å². The number of alkyl halides is 6. The molecule has 0 amide bonds. The average Bonchev–Trinajstić information content (AvgIpc) is 2.85. The van der Waals surface area contributed by atoms with Gasteiger partial charge in [0.1, 0.15) is 0 Å². The van der Waals surface area contributed by atoms with E-state index in [1.54, 1.807) is 0 Å². The number of halogens is 7. The predicted molar refractivity (Wildman–Crippen MR) is 110 cm³/mol. The van der Waals surface area contributed by atoms with Crippen molar-refractivity contribution in [3.8, 4) is 28.2 Å². The summed E-state index contributed by atoms with van der Waals surface area (Å²) in [4.78, 5) is 35.3. The molecular weight excluding hydrogens is 922 g/mol. The minimum atomic E-state index is -5.31. The SMILES string of the molecule is O=C([O][Hg][c]1c2oc3[c]([Hg][O]C(=O)C(F)(F)F)c(O)ccc3c(-c3ccc(F)cc3)c-2ccc1=O)C(F)(F)F. The number of phenols is 1. The Morgan fingerprint density at radius 1 is 0.795 bits per heavy atom. The van der Waals surface area contributed by atoms with Crippen LogP contribution in [0.2, 0.25) is 0 Å². The predicted octanol–water partition coefficient (Wildman–Crippen LogP) is 3.87. The molecule has 0 aromatic heterocycles. The van der Waals surface area contributed by atoms with Gasteiger partial charge in [0, 0.05) is 0 Å². The van der Waals surface area contributed by atoms with Gasteiger partial charge in [0.2, 0.25) is 0 Å². The van der Waals surface area contributed by atoms with Gasteiger partial charge >= 0.3 is 239 Å². The van der Waals surface area contributed by atoms with E-state index in [4.69, 9.17) is 4.42 Å². The van der Waals surface area contributed by atoms with Crippen molar-refractivity contribution in [3.05, 3.63) is 64.6 Å². The first kappa shape index (κ1) is 29.2. The normalized spacial score (nSPS) is 11.7. The van der Waals surface area contributed by atoms with E-state index in [0.29, 0.717) is 5.56 Å². The van der Waals surface area contributed by atoms with Gasteiger partial charge in [-0.15, -0.1) is 0 Å². The van der Waals surface area contributed by atoms with E-state index >= 15 is 0 Å². The van der Waals surface area contributed by atoms with E-state index in [0.717, 1.165) is 24.3 Å². The van der Waals surface area contributed by atoms with E-state index in [-0.39, 0.29) is 34.0 Å². The Bertz CT molecular complexity index is 1610. The number of fused-ring (bicyclic) bond motifs is 2. The number of carbonyl (C=O) groups excluding carboxylic acids is 2. The molecule has 2 aliphatic rings. The van der Waals surface area contributed by atoms with Gasteiger partial charge in [-0.3, -0.25) is 0 Å². The van der Waals surface area contributed by atoms with Crippen LogP contribution < -0.4 is 11.6 Å². The van der Waals surface area contributed by atoms with Crippen molar-refractivity contribution in [2.24, 2.45) is 0 Å². The van der Waals surface area contributed by atoms with Crippen molar-refractivity contribution in [2.45, 2.75) is 12.4 Å². The van der Waals surface area contributed by atoms with E-state index in [2.05, 4.69) is 5.29 Å². The van der Waals surface area contributed by atoms with Crippen molar-refractivity contribution in [2.75, 3.05) is 0 Å². The monoisotopic (exact) mass is 934 g/mol. The molecule has 0 atom stereocenters. The first-order valence-electron chi connectivity index (χ1n) is 10.7. The van der Waals surface area contributed by atoms with Gasteiger partial charge in [0.15, 0.2) is 0 Å². The number of rotatable bonds is 5. The second-order valence-electron chi connectivity index (χ2n) is 7.99. The molecule has 16 heteroatoms. The van der Waals surface area contributed by atoms with Crippen molar-refractivity contribution in [1.82, 2.24) is 0 Å². The van der Waals surface area contributed by atoms with Gasteiger partial charge in [0.05, 0.1) is 0 Å². The third-order valence-electron chi connectivity index (χ3n) is 5.49. The van der Waals surface area contributed by atoms with Crippen LogP contribution in [0.25, 0.3) is 33.4 Å². The Kier molecular flexibility index (Phi) is 8.26. The molecular formula is C23H9F7Hg2O7. The summed E-state index contributed by atoms with van der Waals surface area (Å²) in [5, 5.41) is 10.6. The van der Waals surface area contributed by atoms with Crippen molar-refractivity contribution >= 4 is 29.1 Å². The standard InChI is InChI=1S/C19H9FO3.2C2HF3O2.2Hg/c20-12-3-1-11(2-4-12)19-15-7-5-13(21)9-17(15)23-18-10-14(22)6-8-16(18)19;2*3-2(4,5)1(6)7;;/h1-8,21H;2*(H,6,7);;/q;;;2*+1/p-2. The second-order valence-corrected chi connectivity index (χ2v) is 18.0. The van der Waals surface area contributed by atoms with E-state index in [1.165, 1.54) is 24.3 Å². The summed E-state index contributed by atoms with van der Waals surface area (Å²) in [6.07, 6.45) is -10.6. The van der Waals surface area contributed by atoms with Gasteiger partial charge in [0.25, 0.3) is 0 Å². The first-order valence-corrected chi connectivity index (χ1v) is 20.6. The summed E-state index contributed by atoms with van der Waals surface area (Å²) >= 11 is -7.29. The van der Waals surface area contributed by atoms with Crippen LogP contribution in [0.3, 0.4) is 0 Å². The van der Waals surface area contributed by atoms with Crippen molar-refractivity contribution in [3.63, 3.8) is 0 Å². The molecule has 0 saturated heterocycles. The molecule has 1 aliphatic heterocycles. The Morgan fingerprint density at radius 2 is 1.36 bits per heavy atom. The van der Waals surface area contributed by atoms with Crippen LogP contribution in [-0.4, -0.2) is 29.4 Å². The molecule has 1 N–H and O–H groups in total. The molecule has 1 aliphatic carbocycles. The maximum absolute atomic E-state index is 13.7. The summed E-state index contributed by atoms with van der Waals surface area (Å²) < 4.78 is 104. The number of phenolic OH excluding ortho intramolecular Hbond substituents is 1. The summed E-state index contributed by atoms with van der Waals surface area (Å²) in [7, 11) is 0. The third kappa shape index (κ3) is 6.21. The zero-order valence-corrected chi connectivity index (χ0v) is 30.1. The van der Waals surface area contributed by atoms with Gasteiger partial charge < -0.3 is 0 Å². The molecule has 0 spiro atoms. The van der Waals surface area contributed by atoms with Crippen LogP contribution in [0.15, 0.2) is 57.7 Å². The number of carbonyl (C=O) groups is 2. The minimum absolute atomic E-state index is 0.146. The van der Waals surface area contributed by atoms with Crippen molar-refractivity contribution in [1.29, 1.82) is 0 Å². The fourth-order valence-electron chi connectivity index (χ4n) is 3.74. The number of hydrogen-bond acceptors (Lipinski definition) is 7. The van der Waals surface area contributed by atoms with E-state index in [9.17, 15) is 50.2 Å². The molecule has 39 heavy (non-hydrogen) atoms. The van der Waals surface area contributed by atoms with Crippen LogP contribution in [0.4, 0.5) is 30.7 Å². The van der Waals surface area contributed by atoms with Gasteiger partial charge in [-0.05, 0) is 0 Å². The summed E-state index contributed by atoms with van der Waals surface area (Å²) in [5.74, 6) is -6.46. The van der Waals surface area contributed by atoms with Crippen LogP contribution in [-0.2, 0) is 64.9 Å². The number of hydrogen-bond donors (Lipinski definition) is 1. The van der Waals surface area contributed by atoms with Crippen LogP contribution in [0.1, 0.15) is 0 Å². The molecule has 0 saturated carbocycles. The average molecular weight is 931 g/mol. The molecule has 0 radical (unpaired) electrons. The summed E-state index contributed by atoms with van der Waals surface area (Å²) in [5.41, 5.74) is -0.383. The Morgan fingerprint density at radius 3 is 1.92 bits per heavy atom. The molecule has 7 nitrogen and oxygen atoms in total. The van der Waals surface area contributed by atoms with Crippen molar-refractivity contribution < 1.29 is 105 Å². The number of aromatic hydroxyl groups is 1. The third-order valence-corrected chi connectivity index (χ3v) is 16.2.